The van der Waals surface area contributed by atoms with Gasteiger partial charge >= 0.3 is 0 Å². The number of piperidine rings is 1. The van der Waals surface area contributed by atoms with Crippen molar-refractivity contribution in [3.63, 3.8) is 0 Å². The van der Waals surface area contributed by atoms with Gasteiger partial charge in [0.25, 0.3) is 0 Å². The molecule has 2 rings (SSSR count). The van der Waals surface area contributed by atoms with Crippen LogP contribution in [0.4, 0.5) is 5.82 Å². The van der Waals surface area contributed by atoms with Crippen molar-refractivity contribution >= 4 is 21.7 Å². The molecule has 3 heteroatoms. The second-order valence-corrected chi connectivity index (χ2v) is 5.43. The molecule has 0 bridgehead atoms. The van der Waals surface area contributed by atoms with Crippen molar-refractivity contribution < 1.29 is 0 Å². The van der Waals surface area contributed by atoms with E-state index in [1.165, 1.54) is 12.8 Å². The van der Waals surface area contributed by atoms with Gasteiger partial charge < -0.3 is 4.90 Å². The van der Waals surface area contributed by atoms with E-state index < -0.39 is 0 Å². The molecule has 82 valence electrons. The van der Waals surface area contributed by atoms with Gasteiger partial charge in [0.1, 0.15) is 5.82 Å². The van der Waals surface area contributed by atoms with Crippen molar-refractivity contribution in [1.29, 1.82) is 0 Å². The third-order valence-electron chi connectivity index (χ3n) is 3.12. The Morgan fingerprint density at radius 3 is 2.80 bits per heavy atom. The number of aromatic nitrogens is 1. The molecule has 2 atom stereocenters. The Morgan fingerprint density at radius 1 is 1.33 bits per heavy atom. The standard InChI is InChI=1S/C12H17BrN2/c1-9-3-4-10(2)15(8-9)12-6-5-11(13)7-14-12/h5-7,9-10H,3-4,8H2,1-2H3. The van der Waals surface area contributed by atoms with E-state index in [9.17, 15) is 0 Å². The van der Waals surface area contributed by atoms with Crippen LogP contribution in [0.2, 0.25) is 0 Å². The van der Waals surface area contributed by atoms with Gasteiger partial charge in [0, 0.05) is 23.3 Å². The molecule has 1 aliphatic rings. The Balaban J connectivity index is 2.17. The van der Waals surface area contributed by atoms with Gasteiger partial charge in [0.2, 0.25) is 0 Å². The summed E-state index contributed by atoms with van der Waals surface area (Å²) >= 11 is 3.42. The van der Waals surface area contributed by atoms with Crippen LogP contribution in [-0.4, -0.2) is 17.6 Å². The summed E-state index contributed by atoms with van der Waals surface area (Å²) in [6.45, 7) is 5.74. The van der Waals surface area contributed by atoms with Gasteiger partial charge in [0.05, 0.1) is 0 Å². The van der Waals surface area contributed by atoms with E-state index in [4.69, 9.17) is 0 Å². The van der Waals surface area contributed by atoms with Gasteiger partial charge in [-0.2, -0.15) is 0 Å². The highest BCUT2D eigenvalue weighted by atomic mass is 79.9. The maximum absolute atomic E-state index is 4.47. The predicted octanol–water partition coefficient (Wildman–Crippen LogP) is 3.47. The highest BCUT2D eigenvalue weighted by molar-refractivity contribution is 9.10. The summed E-state index contributed by atoms with van der Waals surface area (Å²) in [5, 5.41) is 0. The van der Waals surface area contributed by atoms with Gasteiger partial charge in [-0.05, 0) is 53.7 Å². The summed E-state index contributed by atoms with van der Waals surface area (Å²) < 4.78 is 1.05. The summed E-state index contributed by atoms with van der Waals surface area (Å²) in [5.74, 6) is 1.89. The lowest BCUT2D eigenvalue weighted by Crippen LogP contribution is -2.41. The predicted molar refractivity (Wildman–Crippen MR) is 67.1 cm³/mol. The summed E-state index contributed by atoms with van der Waals surface area (Å²) in [6, 6.07) is 4.78. The normalized spacial score (nSPS) is 26.7. The Kier molecular flexibility index (Phi) is 3.29. The maximum atomic E-state index is 4.47. The number of hydrogen-bond donors (Lipinski definition) is 0. The summed E-state index contributed by atoms with van der Waals surface area (Å²) in [6.07, 6.45) is 4.49. The van der Waals surface area contributed by atoms with Crippen LogP contribution < -0.4 is 4.90 Å². The lowest BCUT2D eigenvalue weighted by molar-refractivity contribution is 0.388. The molecule has 2 heterocycles. The minimum absolute atomic E-state index is 0.620. The SMILES string of the molecule is CC1CCC(C)N(c2ccc(Br)cn2)C1. The van der Waals surface area contributed by atoms with E-state index in [1.54, 1.807) is 0 Å². The molecule has 0 saturated carbocycles. The first kappa shape index (κ1) is 10.9. The lowest BCUT2D eigenvalue weighted by atomic mass is 9.95. The fourth-order valence-corrected chi connectivity index (χ4v) is 2.38. The number of rotatable bonds is 1. The summed E-state index contributed by atoms with van der Waals surface area (Å²) in [7, 11) is 0. The van der Waals surface area contributed by atoms with E-state index in [0.29, 0.717) is 6.04 Å². The molecular weight excluding hydrogens is 252 g/mol. The average molecular weight is 269 g/mol. The van der Waals surface area contributed by atoms with Crippen LogP contribution in [0.15, 0.2) is 22.8 Å². The average Bonchev–Trinajstić information content (AvgIpc) is 2.23. The van der Waals surface area contributed by atoms with Crippen molar-refractivity contribution in [3.8, 4) is 0 Å². The molecule has 0 aliphatic carbocycles. The van der Waals surface area contributed by atoms with E-state index in [-0.39, 0.29) is 0 Å². The van der Waals surface area contributed by atoms with Crippen LogP contribution in [0.25, 0.3) is 0 Å². The van der Waals surface area contributed by atoms with Crippen LogP contribution in [0, 0.1) is 5.92 Å². The zero-order valence-corrected chi connectivity index (χ0v) is 10.9. The molecule has 0 amide bonds. The van der Waals surface area contributed by atoms with Crippen LogP contribution in [0.5, 0.6) is 0 Å². The van der Waals surface area contributed by atoms with Gasteiger partial charge in [-0.3, -0.25) is 0 Å². The van der Waals surface area contributed by atoms with E-state index in [2.05, 4.69) is 51.8 Å². The van der Waals surface area contributed by atoms with Crippen LogP contribution in [0.1, 0.15) is 26.7 Å². The molecule has 1 aromatic rings. The van der Waals surface area contributed by atoms with Crippen LogP contribution in [-0.2, 0) is 0 Å². The second kappa shape index (κ2) is 4.52. The molecule has 0 radical (unpaired) electrons. The monoisotopic (exact) mass is 268 g/mol. The van der Waals surface area contributed by atoms with E-state index >= 15 is 0 Å². The maximum Gasteiger partial charge on any atom is 0.128 e. The highest BCUT2D eigenvalue weighted by Crippen LogP contribution is 2.26. The number of halogens is 1. The molecule has 1 aliphatic heterocycles. The van der Waals surface area contributed by atoms with Gasteiger partial charge in [0.15, 0.2) is 0 Å². The van der Waals surface area contributed by atoms with Crippen molar-refractivity contribution in [3.05, 3.63) is 22.8 Å². The van der Waals surface area contributed by atoms with E-state index in [1.807, 2.05) is 6.20 Å². The smallest absolute Gasteiger partial charge is 0.128 e. The van der Waals surface area contributed by atoms with Crippen LogP contribution >= 0.6 is 15.9 Å². The molecule has 0 aromatic carbocycles. The molecule has 2 unspecified atom stereocenters. The minimum Gasteiger partial charge on any atom is -0.354 e. The molecule has 15 heavy (non-hydrogen) atoms. The summed E-state index contributed by atoms with van der Waals surface area (Å²) in [5.41, 5.74) is 0. The Bertz CT molecular complexity index is 323. The Hall–Kier alpha value is -0.570. The lowest BCUT2D eigenvalue weighted by Gasteiger charge is -2.37. The fraction of sp³-hybridized carbons (Fsp3) is 0.583. The fourth-order valence-electron chi connectivity index (χ4n) is 2.15. The highest BCUT2D eigenvalue weighted by Gasteiger charge is 2.23. The van der Waals surface area contributed by atoms with Crippen molar-refractivity contribution in [2.45, 2.75) is 32.7 Å². The van der Waals surface area contributed by atoms with Crippen LogP contribution in [0.3, 0.4) is 0 Å². The molecule has 2 nitrogen and oxygen atoms in total. The Labute approximate surface area is 99.8 Å². The van der Waals surface area contributed by atoms with Crippen molar-refractivity contribution in [1.82, 2.24) is 4.98 Å². The molecule has 0 spiro atoms. The van der Waals surface area contributed by atoms with Gasteiger partial charge in [-0.15, -0.1) is 0 Å². The first-order valence-electron chi connectivity index (χ1n) is 5.55. The number of anilines is 1. The van der Waals surface area contributed by atoms with Gasteiger partial charge in [-0.25, -0.2) is 4.98 Å². The second-order valence-electron chi connectivity index (χ2n) is 4.52. The third kappa shape index (κ3) is 2.51. The zero-order chi connectivity index (χ0) is 10.8. The summed E-state index contributed by atoms with van der Waals surface area (Å²) in [4.78, 5) is 6.88. The van der Waals surface area contributed by atoms with Crippen molar-refractivity contribution in [2.75, 3.05) is 11.4 Å². The van der Waals surface area contributed by atoms with Gasteiger partial charge in [-0.1, -0.05) is 6.92 Å². The quantitative estimate of drug-likeness (QED) is 0.776. The number of pyridine rings is 1. The Morgan fingerprint density at radius 2 is 2.13 bits per heavy atom. The van der Waals surface area contributed by atoms with E-state index in [0.717, 1.165) is 22.8 Å². The zero-order valence-electron chi connectivity index (χ0n) is 9.28. The molecule has 1 saturated heterocycles. The largest absolute Gasteiger partial charge is 0.354 e. The van der Waals surface area contributed by atoms with Crippen molar-refractivity contribution in [2.24, 2.45) is 5.92 Å². The number of hydrogen-bond acceptors (Lipinski definition) is 2. The molecule has 1 aromatic heterocycles. The molecular formula is C12H17BrN2. The topological polar surface area (TPSA) is 16.1 Å². The first-order valence-corrected chi connectivity index (χ1v) is 6.34. The molecule has 1 fully saturated rings. The molecule has 0 N–H and O–H groups in total. The third-order valence-corrected chi connectivity index (χ3v) is 3.59. The minimum atomic E-state index is 0.620. The number of nitrogens with zero attached hydrogens (tertiary/aromatic N) is 2. The first-order chi connectivity index (χ1) is 7.16.